The summed E-state index contributed by atoms with van der Waals surface area (Å²) in [5, 5.41) is 0. The third-order valence-corrected chi connectivity index (χ3v) is 3.81. The molecule has 112 valence electrons. The fourth-order valence-corrected chi connectivity index (χ4v) is 2.33. The van der Waals surface area contributed by atoms with E-state index >= 15 is 0 Å². The molecule has 2 aromatic rings. The molecule has 0 radical (unpaired) electrons. The van der Waals surface area contributed by atoms with Crippen LogP contribution in [0, 0.1) is 0 Å². The Morgan fingerprint density at radius 3 is 2.50 bits per heavy atom. The lowest BCUT2D eigenvalue weighted by atomic mass is 10.1. The maximum atomic E-state index is 12.0. The van der Waals surface area contributed by atoms with Crippen molar-refractivity contribution in [2.75, 3.05) is 0 Å². The molecule has 0 N–H and O–H groups in total. The minimum atomic E-state index is -0.289. The molecular formula is C19H19NO2. The van der Waals surface area contributed by atoms with E-state index in [-0.39, 0.29) is 5.97 Å². The lowest BCUT2D eigenvalue weighted by Crippen LogP contribution is -2.05. The monoisotopic (exact) mass is 293 g/mol. The summed E-state index contributed by atoms with van der Waals surface area (Å²) in [5.74, 6) is 0.463. The Kier molecular flexibility index (Phi) is 4.33. The summed E-state index contributed by atoms with van der Waals surface area (Å²) >= 11 is 0. The first-order valence-electron chi connectivity index (χ1n) is 7.56. The van der Waals surface area contributed by atoms with Gasteiger partial charge in [0.25, 0.3) is 0 Å². The molecule has 1 fully saturated rings. The molecule has 1 heterocycles. The quantitative estimate of drug-likeness (QED) is 0.615. The van der Waals surface area contributed by atoms with Gasteiger partial charge in [-0.2, -0.15) is 0 Å². The van der Waals surface area contributed by atoms with Crippen molar-refractivity contribution in [1.29, 1.82) is 0 Å². The van der Waals surface area contributed by atoms with Gasteiger partial charge in [-0.05, 0) is 60.6 Å². The summed E-state index contributed by atoms with van der Waals surface area (Å²) in [6.45, 7) is 2.07. The predicted octanol–water partition coefficient (Wildman–Crippen LogP) is 4.11. The third kappa shape index (κ3) is 3.82. The molecule has 0 atom stereocenters. The van der Waals surface area contributed by atoms with E-state index in [1.165, 1.54) is 18.4 Å². The molecule has 1 aromatic carbocycles. The molecule has 0 spiro atoms. The summed E-state index contributed by atoms with van der Waals surface area (Å²) in [6, 6.07) is 12.1. The second-order valence-corrected chi connectivity index (χ2v) is 5.70. The highest BCUT2D eigenvalue weighted by atomic mass is 16.5. The van der Waals surface area contributed by atoms with Crippen LogP contribution < -0.4 is 0 Å². The highest BCUT2D eigenvalue weighted by Crippen LogP contribution is 2.39. The lowest BCUT2D eigenvalue weighted by Gasteiger charge is -2.06. The second kappa shape index (κ2) is 6.56. The van der Waals surface area contributed by atoms with Crippen molar-refractivity contribution in [3.05, 3.63) is 71.1 Å². The number of aromatic nitrogens is 1. The Balaban J connectivity index is 1.56. The molecule has 1 aliphatic carbocycles. The smallest absolute Gasteiger partial charge is 0.334 e. The Bertz CT molecular complexity index is 670. The number of hydrogen-bond donors (Lipinski definition) is 0. The van der Waals surface area contributed by atoms with Gasteiger partial charge >= 0.3 is 5.97 Å². The lowest BCUT2D eigenvalue weighted by molar-refractivity contribution is -0.140. The normalized spacial score (nSPS) is 14.7. The van der Waals surface area contributed by atoms with Crippen molar-refractivity contribution >= 4 is 12.0 Å². The van der Waals surface area contributed by atoms with E-state index in [1.807, 2.05) is 24.3 Å². The van der Waals surface area contributed by atoms with E-state index in [0.29, 0.717) is 12.2 Å². The summed E-state index contributed by atoms with van der Waals surface area (Å²) in [4.78, 5) is 16.0. The fraction of sp³-hybridized carbons (Fsp3) is 0.263. The van der Waals surface area contributed by atoms with E-state index in [4.69, 9.17) is 4.74 Å². The number of carbonyl (C=O) groups is 1. The maximum Gasteiger partial charge on any atom is 0.334 e. The van der Waals surface area contributed by atoms with E-state index in [1.54, 1.807) is 25.4 Å². The van der Waals surface area contributed by atoms with E-state index in [9.17, 15) is 4.79 Å². The highest BCUT2D eigenvalue weighted by Gasteiger charge is 2.22. The van der Waals surface area contributed by atoms with Gasteiger partial charge in [-0.25, -0.2) is 4.79 Å². The van der Waals surface area contributed by atoms with Gasteiger partial charge in [-0.15, -0.1) is 0 Å². The van der Waals surface area contributed by atoms with Crippen LogP contribution >= 0.6 is 0 Å². The SMILES string of the molecule is C/C(=C\c1ccncc1)C(=O)OCc1ccc(C2CC2)cc1. The average Bonchev–Trinajstić information content (AvgIpc) is 3.39. The van der Waals surface area contributed by atoms with Gasteiger partial charge in [0, 0.05) is 18.0 Å². The number of ether oxygens (including phenoxy) is 1. The van der Waals surface area contributed by atoms with Gasteiger partial charge in [-0.3, -0.25) is 4.98 Å². The van der Waals surface area contributed by atoms with Gasteiger partial charge in [0.05, 0.1) is 0 Å². The van der Waals surface area contributed by atoms with Crippen LogP contribution in [0.1, 0.15) is 42.4 Å². The largest absolute Gasteiger partial charge is 0.457 e. The van der Waals surface area contributed by atoms with Gasteiger partial charge in [0.15, 0.2) is 0 Å². The number of nitrogens with zero attached hydrogens (tertiary/aromatic N) is 1. The zero-order valence-electron chi connectivity index (χ0n) is 12.7. The predicted molar refractivity (Wildman–Crippen MR) is 86.1 cm³/mol. The molecule has 1 aromatic heterocycles. The van der Waals surface area contributed by atoms with Gasteiger partial charge in [-0.1, -0.05) is 24.3 Å². The van der Waals surface area contributed by atoms with E-state index in [0.717, 1.165) is 17.0 Å². The second-order valence-electron chi connectivity index (χ2n) is 5.70. The van der Waals surface area contributed by atoms with Crippen LogP contribution in [0.25, 0.3) is 6.08 Å². The molecular weight excluding hydrogens is 274 g/mol. The first-order chi connectivity index (χ1) is 10.7. The highest BCUT2D eigenvalue weighted by molar-refractivity contribution is 5.92. The van der Waals surface area contributed by atoms with Crippen LogP contribution in [0.5, 0.6) is 0 Å². The van der Waals surface area contributed by atoms with Crippen molar-refractivity contribution in [2.24, 2.45) is 0 Å². The van der Waals surface area contributed by atoms with Crippen LogP contribution in [0.2, 0.25) is 0 Å². The average molecular weight is 293 g/mol. The number of carbonyl (C=O) groups excluding carboxylic acids is 1. The summed E-state index contributed by atoms with van der Waals surface area (Å²) < 4.78 is 5.36. The van der Waals surface area contributed by atoms with Crippen LogP contribution in [0.4, 0.5) is 0 Å². The topological polar surface area (TPSA) is 39.2 Å². The number of benzene rings is 1. The minimum Gasteiger partial charge on any atom is -0.457 e. The van der Waals surface area contributed by atoms with E-state index in [2.05, 4.69) is 17.1 Å². The molecule has 0 amide bonds. The Hall–Kier alpha value is -2.42. The molecule has 0 unspecified atom stereocenters. The van der Waals surface area contributed by atoms with Crippen LogP contribution in [0.3, 0.4) is 0 Å². The van der Waals surface area contributed by atoms with Crippen LogP contribution in [-0.2, 0) is 16.1 Å². The zero-order valence-corrected chi connectivity index (χ0v) is 12.7. The molecule has 22 heavy (non-hydrogen) atoms. The first kappa shape index (κ1) is 14.5. The van der Waals surface area contributed by atoms with Crippen LogP contribution in [0.15, 0.2) is 54.4 Å². The van der Waals surface area contributed by atoms with Gasteiger partial charge in [0.2, 0.25) is 0 Å². The summed E-state index contributed by atoms with van der Waals surface area (Å²) in [5.41, 5.74) is 3.94. The Morgan fingerprint density at radius 1 is 1.18 bits per heavy atom. The number of hydrogen-bond acceptors (Lipinski definition) is 3. The standard InChI is InChI=1S/C19H19NO2/c1-14(12-15-8-10-20-11-9-15)19(21)22-13-16-2-4-17(5-3-16)18-6-7-18/h2-5,8-12,18H,6-7,13H2,1H3/b14-12+. The third-order valence-electron chi connectivity index (χ3n) is 3.81. The maximum absolute atomic E-state index is 12.0. The van der Waals surface area contributed by atoms with Crippen molar-refractivity contribution < 1.29 is 9.53 Å². The molecule has 1 aliphatic rings. The van der Waals surface area contributed by atoms with Crippen molar-refractivity contribution in [2.45, 2.75) is 32.3 Å². The summed E-state index contributed by atoms with van der Waals surface area (Å²) in [6.07, 6.45) is 7.80. The van der Waals surface area contributed by atoms with E-state index < -0.39 is 0 Å². The number of esters is 1. The molecule has 0 saturated heterocycles. The molecule has 1 saturated carbocycles. The first-order valence-corrected chi connectivity index (χ1v) is 7.56. The molecule has 3 rings (SSSR count). The Labute approximate surface area is 130 Å². The molecule has 0 aliphatic heterocycles. The van der Waals surface area contributed by atoms with Crippen LogP contribution in [-0.4, -0.2) is 11.0 Å². The zero-order chi connectivity index (χ0) is 15.4. The number of rotatable bonds is 5. The molecule has 0 bridgehead atoms. The minimum absolute atomic E-state index is 0.289. The number of pyridine rings is 1. The van der Waals surface area contributed by atoms with Crippen molar-refractivity contribution in [3.63, 3.8) is 0 Å². The van der Waals surface area contributed by atoms with Gasteiger partial charge < -0.3 is 4.74 Å². The molecule has 3 heteroatoms. The fourth-order valence-electron chi connectivity index (χ4n) is 2.33. The Morgan fingerprint density at radius 2 is 1.86 bits per heavy atom. The van der Waals surface area contributed by atoms with Crippen molar-refractivity contribution in [3.8, 4) is 0 Å². The van der Waals surface area contributed by atoms with Crippen molar-refractivity contribution in [1.82, 2.24) is 4.98 Å². The molecule has 3 nitrogen and oxygen atoms in total. The summed E-state index contributed by atoms with van der Waals surface area (Å²) in [7, 11) is 0. The van der Waals surface area contributed by atoms with Gasteiger partial charge in [0.1, 0.15) is 6.61 Å².